The van der Waals surface area contributed by atoms with Gasteiger partial charge in [0.25, 0.3) is 0 Å². The standard InChI is InChI=1S/C24H28ClFO2/c1-8-14(2)22(27)21-12-16(4)23(28-21)18(24(5,6)7)11-15(3)17-9-10-19(25)20(26)13-17/h9-14H,3,8H2,1-2,4-7H3/b18-11+. The van der Waals surface area contributed by atoms with Crippen LogP contribution in [-0.2, 0) is 0 Å². The van der Waals surface area contributed by atoms with Gasteiger partial charge in [-0.15, -0.1) is 0 Å². The van der Waals surface area contributed by atoms with Crippen molar-refractivity contribution in [3.63, 3.8) is 0 Å². The lowest BCUT2D eigenvalue weighted by Gasteiger charge is -2.23. The lowest BCUT2D eigenvalue weighted by molar-refractivity contribution is 0.0898. The van der Waals surface area contributed by atoms with Crippen LogP contribution in [0.25, 0.3) is 11.1 Å². The Hall–Kier alpha value is -2.13. The van der Waals surface area contributed by atoms with Gasteiger partial charge >= 0.3 is 0 Å². The first-order valence-corrected chi connectivity index (χ1v) is 9.85. The monoisotopic (exact) mass is 402 g/mol. The summed E-state index contributed by atoms with van der Waals surface area (Å²) in [5, 5.41) is 0.0756. The highest BCUT2D eigenvalue weighted by molar-refractivity contribution is 6.30. The first-order valence-electron chi connectivity index (χ1n) is 9.47. The van der Waals surface area contributed by atoms with Crippen molar-refractivity contribution < 1.29 is 13.6 Å². The fourth-order valence-corrected chi connectivity index (χ4v) is 2.99. The second-order valence-corrected chi connectivity index (χ2v) is 8.67. The van der Waals surface area contributed by atoms with Crippen molar-refractivity contribution in [2.75, 3.05) is 0 Å². The SMILES string of the molecule is C=C(/C=C(\c1oc(C(=O)C(C)CC)cc1C)C(C)(C)C)c1ccc(Cl)c(F)c1. The van der Waals surface area contributed by atoms with Crippen molar-refractivity contribution in [1.82, 2.24) is 0 Å². The number of halogens is 2. The molecule has 0 aliphatic heterocycles. The summed E-state index contributed by atoms with van der Waals surface area (Å²) in [6.07, 6.45) is 2.65. The van der Waals surface area contributed by atoms with E-state index >= 15 is 0 Å². The maximum atomic E-state index is 13.8. The Bertz CT molecular complexity index is 929. The smallest absolute Gasteiger partial charge is 0.200 e. The number of furan rings is 1. The zero-order valence-corrected chi connectivity index (χ0v) is 18.2. The van der Waals surface area contributed by atoms with Crippen molar-refractivity contribution in [2.45, 2.75) is 48.0 Å². The second-order valence-electron chi connectivity index (χ2n) is 8.26. The molecule has 0 aliphatic rings. The van der Waals surface area contributed by atoms with Crippen LogP contribution in [0.15, 0.2) is 41.3 Å². The highest BCUT2D eigenvalue weighted by Gasteiger charge is 2.26. The number of benzene rings is 1. The molecule has 1 atom stereocenters. The third-order valence-electron chi connectivity index (χ3n) is 4.88. The minimum Gasteiger partial charge on any atom is -0.453 e. The van der Waals surface area contributed by atoms with Gasteiger partial charge in [-0.05, 0) is 59.7 Å². The molecule has 28 heavy (non-hydrogen) atoms. The third-order valence-corrected chi connectivity index (χ3v) is 5.19. The Morgan fingerprint density at radius 3 is 2.50 bits per heavy atom. The highest BCUT2D eigenvalue weighted by Crippen LogP contribution is 2.39. The average Bonchev–Trinajstić information content (AvgIpc) is 3.00. The highest BCUT2D eigenvalue weighted by atomic mass is 35.5. The normalized spacial score (nSPS) is 13.5. The summed E-state index contributed by atoms with van der Waals surface area (Å²) in [7, 11) is 0. The van der Waals surface area contributed by atoms with Gasteiger partial charge in [0.1, 0.15) is 11.6 Å². The van der Waals surface area contributed by atoms with Gasteiger partial charge in [0.15, 0.2) is 5.76 Å². The van der Waals surface area contributed by atoms with Crippen LogP contribution >= 0.6 is 11.6 Å². The number of carbonyl (C=O) groups excluding carboxylic acids is 1. The van der Waals surface area contributed by atoms with Crippen molar-refractivity contribution in [3.8, 4) is 0 Å². The van der Waals surface area contributed by atoms with E-state index in [-0.39, 0.29) is 22.1 Å². The van der Waals surface area contributed by atoms with Gasteiger partial charge in [0.05, 0.1) is 5.02 Å². The number of aryl methyl sites for hydroxylation is 1. The van der Waals surface area contributed by atoms with Crippen LogP contribution in [-0.4, -0.2) is 5.78 Å². The van der Waals surface area contributed by atoms with Gasteiger partial charge in [-0.3, -0.25) is 4.79 Å². The molecule has 150 valence electrons. The Balaban J connectivity index is 2.51. The molecule has 0 saturated carbocycles. The zero-order chi connectivity index (χ0) is 21.2. The fourth-order valence-electron chi connectivity index (χ4n) is 2.88. The van der Waals surface area contributed by atoms with E-state index in [1.807, 2.05) is 26.8 Å². The lowest BCUT2D eigenvalue weighted by atomic mass is 9.82. The number of hydrogen-bond acceptors (Lipinski definition) is 2. The molecule has 0 fully saturated rings. The van der Waals surface area contributed by atoms with Crippen LogP contribution < -0.4 is 0 Å². The minimum absolute atomic E-state index is 0.00343. The van der Waals surface area contributed by atoms with Crippen LogP contribution in [0, 0.1) is 24.1 Å². The average molecular weight is 403 g/mol. The Morgan fingerprint density at radius 1 is 1.32 bits per heavy atom. The Kier molecular flexibility index (Phi) is 6.71. The Labute approximate surface area is 172 Å². The van der Waals surface area contributed by atoms with Gasteiger partial charge < -0.3 is 4.42 Å². The number of ketones is 1. The molecule has 0 bridgehead atoms. The van der Waals surface area contributed by atoms with Gasteiger partial charge in [-0.1, -0.05) is 58.9 Å². The van der Waals surface area contributed by atoms with E-state index in [4.69, 9.17) is 16.0 Å². The fraction of sp³-hybridized carbons (Fsp3) is 0.375. The number of carbonyl (C=O) groups is 1. The van der Waals surface area contributed by atoms with E-state index in [1.54, 1.807) is 12.1 Å². The van der Waals surface area contributed by atoms with Crippen molar-refractivity contribution in [3.05, 3.63) is 70.4 Å². The molecule has 1 aromatic heterocycles. The van der Waals surface area contributed by atoms with E-state index < -0.39 is 5.82 Å². The van der Waals surface area contributed by atoms with Crippen LogP contribution in [0.3, 0.4) is 0 Å². The molecule has 0 N–H and O–H groups in total. The molecule has 2 aromatic rings. The summed E-state index contributed by atoms with van der Waals surface area (Å²) in [5.74, 6) is 0.465. The molecule has 1 heterocycles. The maximum Gasteiger partial charge on any atom is 0.200 e. The first-order chi connectivity index (χ1) is 13.0. The molecule has 2 nitrogen and oxygen atoms in total. The molecular weight excluding hydrogens is 375 g/mol. The third kappa shape index (κ3) is 4.82. The van der Waals surface area contributed by atoms with Crippen LogP contribution in [0.5, 0.6) is 0 Å². The van der Waals surface area contributed by atoms with Gasteiger partial charge in [-0.2, -0.15) is 0 Å². The van der Waals surface area contributed by atoms with Crippen LogP contribution in [0.4, 0.5) is 4.39 Å². The summed E-state index contributed by atoms with van der Waals surface area (Å²) in [6.45, 7) is 16.1. The largest absolute Gasteiger partial charge is 0.453 e. The molecule has 0 amide bonds. The summed E-state index contributed by atoms with van der Waals surface area (Å²) in [6, 6.07) is 6.42. The first kappa shape index (κ1) is 22.2. The minimum atomic E-state index is -0.485. The predicted octanol–water partition coefficient (Wildman–Crippen LogP) is 7.75. The van der Waals surface area contributed by atoms with E-state index in [0.717, 1.165) is 17.6 Å². The molecule has 2 rings (SSSR count). The van der Waals surface area contributed by atoms with Gasteiger partial charge in [-0.25, -0.2) is 4.39 Å². The lowest BCUT2D eigenvalue weighted by Crippen LogP contribution is -2.10. The number of Topliss-reactive ketones (excluding diaryl/α,β-unsaturated/α-hetero) is 1. The molecule has 4 heteroatoms. The maximum absolute atomic E-state index is 13.8. The molecule has 0 spiro atoms. The summed E-state index contributed by atoms with van der Waals surface area (Å²) >= 11 is 5.78. The topological polar surface area (TPSA) is 30.2 Å². The Morgan fingerprint density at radius 2 is 1.96 bits per heavy atom. The predicted molar refractivity (Wildman–Crippen MR) is 115 cm³/mol. The quantitative estimate of drug-likeness (QED) is 0.365. The molecular formula is C24H28ClFO2. The van der Waals surface area contributed by atoms with Gasteiger partial charge in [0.2, 0.25) is 5.78 Å². The van der Waals surface area contributed by atoms with E-state index in [2.05, 4.69) is 27.4 Å². The van der Waals surface area contributed by atoms with Crippen LogP contribution in [0.2, 0.25) is 5.02 Å². The van der Waals surface area contributed by atoms with Gasteiger partial charge in [0, 0.05) is 11.5 Å². The zero-order valence-electron chi connectivity index (χ0n) is 17.5. The molecule has 0 aliphatic carbocycles. The van der Waals surface area contributed by atoms with Crippen molar-refractivity contribution in [1.29, 1.82) is 0 Å². The van der Waals surface area contributed by atoms with E-state index in [9.17, 15) is 9.18 Å². The van der Waals surface area contributed by atoms with Crippen molar-refractivity contribution >= 4 is 28.5 Å². The van der Waals surface area contributed by atoms with E-state index in [1.165, 1.54) is 12.1 Å². The number of hydrogen-bond donors (Lipinski definition) is 0. The molecule has 1 unspecified atom stereocenters. The van der Waals surface area contributed by atoms with Crippen LogP contribution in [0.1, 0.15) is 68.5 Å². The summed E-state index contributed by atoms with van der Waals surface area (Å²) in [4.78, 5) is 12.5. The number of allylic oxidation sites excluding steroid dienone is 3. The molecule has 0 saturated heterocycles. The number of rotatable bonds is 6. The summed E-state index contributed by atoms with van der Waals surface area (Å²) in [5.41, 5.74) is 2.80. The van der Waals surface area contributed by atoms with E-state index in [0.29, 0.717) is 22.7 Å². The summed E-state index contributed by atoms with van der Waals surface area (Å²) < 4.78 is 19.9. The molecule has 1 aromatic carbocycles. The molecule has 0 radical (unpaired) electrons. The second kappa shape index (κ2) is 8.48. The van der Waals surface area contributed by atoms with Crippen molar-refractivity contribution in [2.24, 2.45) is 11.3 Å².